The molecule has 0 aromatic carbocycles. The van der Waals surface area contributed by atoms with Gasteiger partial charge < -0.3 is 25.8 Å². The molecule has 108 valence electrons. The number of halogens is 1. The van der Waals surface area contributed by atoms with Gasteiger partial charge in [-0.1, -0.05) is 0 Å². The Labute approximate surface area is 117 Å². The van der Waals surface area contributed by atoms with Crippen LogP contribution in [0.15, 0.2) is 6.33 Å². The molecule has 9 nitrogen and oxygen atoms in total. The van der Waals surface area contributed by atoms with Gasteiger partial charge in [0.2, 0.25) is 5.28 Å². The molecule has 10 heteroatoms. The summed E-state index contributed by atoms with van der Waals surface area (Å²) in [4.78, 5) is 11.8. The maximum atomic E-state index is 10.0. The van der Waals surface area contributed by atoms with Crippen LogP contribution >= 0.6 is 11.6 Å². The summed E-state index contributed by atoms with van der Waals surface area (Å²) in [6.07, 6.45) is -3.22. The van der Waals surface area contributed by atoms with Gasteiger partial charge in [-0.3, -0.25) is 4.57 Å². The lowest BCUT2D eigenvalue weighted by Crippen LogP contribution is -2.33. The van der Waals surface area contributed by atoms with Gasteiger partial charge >= 0.3 is 0 Å². The second kappa shape index (κ2) is 4.79. The van der Waals surface area contributed by atoms with Gasteiger partial charge in [-0.05, 0) is 11.6 Å². The lowest BCUT2D eigenvalue weighted by atomic mass is 10.1. The zero-order valence-electron chi connectivity index (χ0n) is 10.1. The van der Waals surface area contributed by atoms with Crippen molar-refractivity contribution in [3.8, 4) is 0 Å². The van der Waals surface area contributed by atoms with Crippen molar-refractivity contribution in [2.24, 2.45) is 0 Å². The standard InChI is InChI=1S/C10H12ClN5O4/c11-10-15-4-7(12)13-2-14-8(4)16(10)9-6(19)5(18)3(1-17)20-9/h2-3,5-6,9,17-19H,1H2,(H2,12,13,14). The molecule has 1 aliphatic rings. The van der Waals surface area contributed by atoms with Gasteiger partial charge in [0.05, 0.1) is 6.61 Å². The van der Waals surface area contributed by atoms with E-state index in [1.54, 1.807) is 0 Å². The number of aliphatic hydroxyl groups is 3. The Morgan fingerprint density at radius 2 is 2.10 bits per heavy atom. The van der Waals surface area contributed by atoms with Gasteiger partial charge in [0.15, 0.2) is 23.2 Å². The summed E-state index contributed by atoms with van der Waals surface area (Å²) in [7, 11) is 0. The Hall–Kier alpha value is -1.52. The van der Waals surface area contributed by atoms with Crippen LogP contribution in [0.25, 0.3) is 11.2 Å². The van der Waals surface area contributed by atoms with E-state index in [0.717, 1.165) is 0 Å². The minimum atomic E-state index is -1.28. The van der Waals surface area contributed by atoms with Crippen molar-refractivity contribution in [3.63, 3.8) is 0 Å². The van der Waals surface area contributed by atoms with E-state index in [1.165, 1.54) is 10.9 Å². The number of ether oxygens (including phenoxy) is 1. The number of nitrogen functional groups attached to an aromatic ring is 1. The fourth-order valence-electron chi connectivity index (χ4n) is 2.22. The van der Waals surface area contributed by atoms with E-state index in [0.29, 0.717) is 0 Å². The van der Waals surface area contributed by atoms with Gasteiger partial charge in [0, 0.05) is 0 Å². The number of hydrogen-bond donors (Lipinski definition) is 4. The van der Waals surface area contributed by atoms with E-state index in [-0.39, 0.29) is 22.3 Å². The number of fused-ring (bicyclic) bond motifs is 1. The summed E-state index contributed by atoms with van der Waals surface area (Å²) in [6, 6.07) is 0. The Morgan fingerprint density at radius 1 is 1.35 bits per heavy atom. The summed E-state index contributed by atoms with van der Waals surface area (Å²) in [5, 5.41) is 28.9. The molecule has 20 heavy (non-hydrogen) atoms. The summed E-state index contributed by atoms with van der Waals surface area (Å²) in [6.45, 7) is -0.434. The molecule has 4 atom stereocenters. The molecule has 0 amide bonds. The lowest BCUT2D eigenvalue weighted by Gasteiger charge is -2.17. The van der Waals surface area contributed by atoms with E-state index >= 15 is 0 Å². The summed E-state index contributed by atoms with van der Waals surface area (Å²) < 4.78 is 6.70. The zero-order chi connectivity index (χ0) is 14.4. The highest BCUT2D eigenvalue weighted by atomic mass is 35.5. The number of aliphatic hydroxyl groups excluding tert-OH is 3. The predicted octanol–water partition coefficient (Wildman–Crippen LogP) is -1.33. The number of anilines is 1. The molecule has 0 spiro atoms. The van der Waals surface area contributed by atoms with Crippen LogP contribution in [0.5, 0.6) is 0 Å². The first-order chi connectivity index (χ1) is 9.54. The maximum Gasteiger partial charge on any atom is 0.207 e. The van der Waals surface area contributed by atoms with Crippen molar-refractivity contribution in [3.05, 3.63) is 11.6 Å². The second-order valence-corrected chi connectivity index (χ2v) is 4.75. The van der Waals surface area contributed by atoms with E-state index in [4.69, 9.17) is 27.2 Å². The Morgan fingerprint density at radius 3 is 2.75 bits per heavy atom. The van der Waals surface area contributed by atoms with E-state index < -0.39 is 31.1 Å². The van der Waals surface area contributed by atoms with Crippen LogP contribution in [-0.2, 0) is 4.74 Å². The van der Waals surface area contributed by atoms with Crippen molar-refractivity contribution in [1.82, 2.24) is 19.5 Å². The average Bonchev–Trinajstić information content (AvgIpc) is 2.90. The predicted molar refractivity (Wildman–Crippen MR) is 67.8 cm³/mol. The van der Waals surface area contributed by atoms with Crippen LogP contribution in [0.3, 0.4) is 0 Å². The van der Waals surface area contributed by atoms with Crippen LogP contribution < -0.4 is 5.73 Å². The van der Waals surface area contributed by atoms with E-state index in [2.05, 4.69) is 15.0 Å². The molecular formula is C10H12ClN5O4. The Balaban J connectivity index is 2.11. The molecule has 0 saturated carbocycles. The van der Waals surface area contributed by atoms with Gasteiger partial charge in [-0.15, -0.1) is 0 Å². The maximum absolute atomic E-state index is 10.0. The monoisotopic (exact) mass is 301 g/mol. The second-order valence-electron chi connectivity index (χ2n) is 4.41. The van der Waals surface area contributed by atoms with Crippen LogP contribution in [0.1, 0.15) is 6.23 Å². The highest BCUT2D eigenvalue weighted by molar-refractivity contribution is 6.29. The van der Waals surface area contributed by atoms with Crippen LogP contribution in [0, 0.1) is 0 Å². The molecule has 4 unspecified atom stereocenters. The van der Waals surface area contributed by atoms with Crippen molar-refractivity contribution < 1.29 is 20.1 Å². The Kier molecular flexibility index (Phi) is 3.22. The average molecular weight is 302 g/mol. The number of aromatic nitrogens is 4. The smallest absolute Gasteiger partial charge is 0.207 e. The van der Waals surface area contributed by atoms with Gasteiger partial charge in [-0.25, -0.2) is 15.0 Å². The lowest BCUT2D eigenvalue weighted by molar-refractivity contribution is -0.0509. The summed E-state index contributed by atoms with van der Waals surface area (Å²) in [5.74, 6) is 0.141. The third-order valence-corrected chi connectivity index (χ3v) is 3.50. The molecule has 1 fully saturated rings. The van der Waals surface area contributed by atoms with E-state index in [1.807, 2.05) is 0 Å². The molecule has 0 aliphatic carbocycles. The van der Waals surface area contributed by atoms with Crippen LogP contribution in [-0.4, -0.2) is 59.8 Å². The normalized spacial score (nSPS) is 30.2. The number of rotatable bonds is 2. The molecular weight excluding hydrogens is 290 g/mol. The fraction of sp³-hybridized carbons (Fsp3) is 0.500. The molecule has 3 rings (SSSR count). The zero-order valence-corrected chi connectivity index (χ0v) is 10.8. The highest BCUT2D eigenvalue weighted by Crippen LogP contribution is 2.34. The fourth-order valence-corrected chi connectivity index (χ4v) is 2.48. The van der Waals surface area contributed by atoms with Crippen molar-refractivity contribution in [1.29, 1.82) is 0 Å². The minimum Gasteiger partial charge on any atom is -0.394 e. The first-order valence-corrected chi connectivity index (χ1v) is 6.18. The first-order valence-electron chi connectivity index (χ1n) is 5.81. The number of hydrogen-bond acceptors (Lipinski definition) is 8. The van der Waals surface area contributed by atoms with Crippen molar-refractivity contribution in [2.75, 3.05) is 12.3 Å². The molecule has 1 saturated heterocycles. The minimum absolute atomic E-state index is 0.0120. The third-order valence-electron chi connectivity index (χ3n) is 3.23. The summed E-state index contributed by atoms with van der Waals surface area (Å²) >= 11 is 6.02. The SMILES string of the molecule is Nc1ncnc2c1nc(Cl)n2C1OC(CO)C(O)C1O. The van der Waals surface area contributed by atoms with Gasteiger partial charge in [0.25, 0.3) is 0 Å². The van der Waals surface area contributed by atoms with Crippen molar-refractivity contribution in [2.45, 2.75) is 24.5 Å². The van der Waals surface area contributed by atoms with Crippen LogP contribution in [0.4, 0.5) is 5.82 Å². The Bertz CT molecular complexity index is 650. The third kappa shape index (κ3) is 1.83. The van der Waals surface area contributed by atoms with Crippen LogP contribution in [0.2, 0.25) is 5.28 Å². The molecule has 1 aliphatic heterocycles. The highest BCUT2D eigenvalue weighted by Gasteiger charge is 2.44. The van der Waals surface area contributed by atoms with E-state index in [9.17, 15) is 10.2 Å². The molecule has 2 aromatic rings. The first kappa shape index (κ1) is 13.5. The molecule has 5 N–H and O–H groups in total. The molecule has 0 radical (unpaired) electrons. The number of nitrogens with zero attached hydrogens (tertiary/aromatic N) is 4. The topological polar surface area (TPSA) is 140 Å². The summed E-state index contributed by atoms with van der Waals surface area (Å²) in [5.41, 5.74) is 6.22. The number of imidazole rings is 1. The molecule has 3 heterocycles. The van der Waals surface area contributed by atoms with Gasteiger partial charge in [-0.2, -0.15) is 0 Å². The van der Waals surface area contributed by atoms with Crippen molar-refractivity contribution >= 4 is 28.6 Å². The van der Waals surface area contributed by atoms with Gasteiger partial charge in [0.1, 0.15) is 24.6 Å². The number of nitrogens with two attached hydrogens (primary N) is 1. The molecule has 2 aromatic heterocycles. The largest absolute Gasteiger partial charge is 0.394 e. The molecule has 0 bridgehead atoms. The quantitative estimate of drug-likeness (QED) is 0.500.